The third kappa shape index (κ3) is 2.50. The molecule has 0 radical (unpaired) electrons. The molecule has 1 aliphatic rings. The fourth-order valence-corrected chi connectivity index (χ4v) is 2.28. The lowest BCUT2D eigenvalue weighted by molar-refractivity contribution is -0.117. The molecule has 2 heterocycles. The standard InChI is InChI=1S/C16H16N2O3/c1-2-7-18-13-9-11(17)5-6-14(13)21-15(16(18)19)10-12-4-3-8-20-12/h3-6,8-10H,2,7,17H2,1H3/b15-10+. The lowest BCUT2D eigenvalue weighted by Crippen LogP contribution is -2.37. The Bertz CT molecular complexity index is 690. The molecular weight excluding hydrogens is 268 g/mol. The normalized spacial score (nSPS) is 16.0. The van der Waals surface area contributed by atoms with Crippen LogP contribution in [0.2, 0.25) is 0 Å². The second-order valence-electron chi connectivity index (χ2n) is 4.81. The number of anilines is 2. The summed E-state index contributed by atoms with van der Waals surface area (Å²) in [5.41, 5.74) is 7.12. The van der Waals surface area contributed by atoms with Crippen LogP contribution in [-0.4, -0.2) is 12.5 Å². The van der Waals surface area contributed by atoms with Gasteiger partial charge in [0.2, 0.25) is 0 Å². The maximum absolute atomic E-state index is 12.6. The van der Waals surface area contributed by atoms with Crippen molar-refractivity contribution in [3.63, 3.8) is 0 Å². The molecule has 2 N–H and O–H groups in total. The third-order valence-electron chi connectivity index (χ3n) is 3.21. The molecule has 2 aromatic rings. The first-order valence-corrected chi connectivity index (χ1v) is 6.83. The van der Waals surface area contributed by atoms with Crippen LogP contribution in [0.4, 0.5) is 11.4 Å². The van der Waals surface area contributed by atoms with Gasteiger partial charge in [0, 0.05) is 18.3 Å². The molecule has 1 aromatic heterocycles. The predicted octanol–water partition coefficient (Wildman–Crippen LogP) is 3.04. The highest BCUT2D eigenvalue weighted by Gasteiger charge is 2.30. The van der Waals surface area contributed by atoms with Crippen molar-refractivity contribution in [3.8, 4) is 5.75 Å². The average Bonchev–Trinajstić information content (AvgIpc) is 2.97. The van der Waals surface area contributed by atoms with E-state index in [1.807, 2.05) is 6.92 Å². The van der Waals surface area contributed by atoms with E-state index in [0.29, 0.717) is 29.4 Å². The Balaban J connectivity index is 2.04. The lowest BCUT2D eigenvalue weighted by atomic mass is 10.1. The van der Waals surface area contributed by atoms with Gasteiger partial charge in [-0.25, -0.2) is 0 Å². The van der Waals surface area contributed by atoms with Gasteiger partial charge in [-0.2, -0.15) is 0 Å². The molecule has 0 saturated carbocycles. The molecule has 5 heteroatoms. The lowest BCUT2D eigenvalue weighted by Gasteiger charge is -2.30. The monoisotopic (exact) mass is 284 g/mol. The number of furan rings is 1. The number of hydrogen-bond acceptors (Lipinski definition) is 4. The van der Waals surface area contributed by atoms with E-state index < -0.39 is 0 Å². The second kappa shape index (κ2) is 5.36. The van der Waals surface area contributed by atoms with E-state index in [-0.39, 0.29) is 11.7 Å². The first kappa shape index (κ1) is 13.3. The van der Waals surface area contributed by atoms with Gasteiger partial charge >= 0.3 is 0 Å². The number of benzene rings is 1. The van der Waals surface area contributed by atoms with Crippen LogP contribution in [0.3, 0.4) is 0 Å². The summed E-state index contributed by atoms with van der Waals surface area (Å²) in [6, 6.07) is 8.82. The molecule has 5 nitrogen and oxygen atoms in total. The molecule has 0 fully saturated rings. The van der Waals surface area contributed by atoms with Crippen molar-refractivity contribution in [3.05, 3.63) is 48.1 Å². The van der Waals surface area contributed by atoms with Crippen LogP contribution in [0.5, 0.6) is 5.75 Å². The topological polar surface area (TPSA) is 68.7 Å². The molecule has 3 rings (SSSR count). The third-order valence-corrected chi connectivity index (χ3v) is 3.21. The van der Waals surface area contributed by atoms with E-state index in [2.05, 4.69) is 0 Å². The summed E-state index contributed by atoms with van der Waals surface area (Å²) >= 11 is 0. The van der Waals surface area contributed by atoms with Gasteiger partial charge in [0.1, 0.15) is 5.76 Å². The largest absolute Gasteiger partial charge is 0.465 e. The summed E-state index contributed by atoms with van der Waals surface area (Å²) in [6.45, 7) is 2.62. The molecule has 1 amide bonds. The number of carbonyl (C=O) groups is 1. The van der Waals surface area contributed by atoms with Crippen LogP contribution in [0, 0.1) is 0 Å². The Morgan fingerprint density at radius 1 is 1.33 bits per heavy atom. The molecule has 0 atom stereocenters. The zero-order valence-corrected chi connectivity index (χ0v) is 11.7. The van der Waals surface area contributed by atoms with Crippen LogP contribution in [0.1, 0.15) is 19.1 Å². The van der Waals surface area contributed by atoms with E-state index in [4.69, 9.17) is 14.9 Å². The van der Waals surface area contributed by atoms with Gasteiger partial charge < -0.3 is 19.8 Å². The van der Waals surface area contributed by atoms with Crippen LogP contribution in [0.25, 0.3) is 6.08 Å². The molecule has 1 aromatic carbocycles. The number of nitrogens with two attached hydrogens (primary N) is 1. The van der Waals surface area contributed by atoms with Crippen molar-refractivity contribution in [2.45, 2.75) is 13.3 Å². The van der Waals surface area contributed by atoms with E-state index in [1.165, 1.54) is 0 Å². The molecule has 0 spiro atoms. The van der Waals surface area contributed by atoms with Crippen molar-refractivity contribution >= 4 is 23.4 Å². The maximum Gasteiger partial charge on any atom is 0.294 e. The Kier molecular flexibility index (Phi) is 3.39. The minimum atomic E-state index is -0.189. The minimum absolute atomic E-state index is 0.189. The number of rotatable bonds is 3. The number of fused-ring (bicyclic) bond motifs is 1. The van der Waals surface area contributed by atoms with Gasteiger partial charge in [-0.15, -0.1) is 0 Å². The van der Waals surface area contributed by atoms with Gasteiger partial charge in [0.05, 0.1) is 12.0 Å². The number of nitrogens with zero attached hydrogens (tertiary/aromatic N) is 1. The summed E-state index contributed by atoms with van der Waals surface area (Å²) in [5.74, 6) is 1.26. The van der Waals surface area contributed by atoms with Crippen molar-refractivity contribution in [1.29, 1.82) is 0 Å². The number of nitrogen functional groups attached to an aromatic ring is 1. The average molecular weight is 284 g/mol. The summed E-state index contributed by atoms with van der Waals surface area (Å²) in [7, 11) is 0. The molecule has 0 saturated heterocycles. The molecule has 0 bridgehead atoms. The number of carbonyl (C=O) groups excluding carboxylic acids is 1. The molecule has 0 unspecified atom stereocenters. The summed E-state index contributed by atoms with van der Waals surface area (Å²) in [4.78, 5) is 14.3. The van der Waals surface area contributed by atoms with Crippen molar-refractivity contribution in [1.82, 2.24) is 0 Å². The van der Waals surface area contributed by atoms with Crippen LogP contribution in [0.15, 0.2) is 46.8 Å². The fraction of sp³-hybridized carbons (Fsp3) is 0.188. The van der Waals surface area contributed by atoms with Crippen molar-refractivity contribution in [2.75, 3.05) is 17.2 Å². The zero-order chi connectivity index (χ0) is 14.8. The van der Waals surface area contributed by atoms with E-state index in [0.717, 1.165) is 6.42 Å². The molecule has 0 aliphatic carbocycles. The Labute approximate surface area is 122 Å². The first-order chi connectivity index (χ1) is 10.2. The highest BCUT2D eigenvalue weighted by Crippen LogP contribution is 2.37. The minimum Gasteiger partial charge on any atom is -0.465 e. The van der Waals surface area contributed by atoms with Crippen molar-refractivity contribution < 1.29 is 13.9 Å². The van der Waals surface area contributed by atoms with Gasteiger partial charge in [-0.05, 0) is 36.8 Å². The number of amides is 1. The molecule has 108 valence electrons. The predicted molar refractivity (Wildman–Crippen MR) is 80.8 cm³/mol. The van der Waals surface area contributed by atoms with E-state index in [9.17, 15) is 4.79 Å². The number of ether oxygens (including phenoxy) is 1. The van der Waals surface area contributed by atoms with Crippen LogP contribution < -0.4 is 15.4 Å². The van der Waals surface area contributed by atoms with Gasteiger partial charge in [-0.1, -0.05) is 6.92 Å². The Hall–Kier alpha value is -2.69. The smallest absolute Gasteiger partial charge is 0.294 e. The first-order valence-electron chi connectivity index (χ1n) is 6.83. The van der Waals surface area contributed by atoms with Gasteiger partial charge in [0.15, 0.2) is 11.5 Å². The Morgan fingerprint density at radius 2 is 2.19 bits per heavy atom. The molecule has 21 heavy (non-hydrogen) atoms. The SMILES string of the molecule is CCCN1C(=O)/C(=C\c2ccco2)Oc2ccc(N)cc21. The maximum atomic E-state index is 12.6. The molecular formula is C16H16N2O3. The second-order valence-corrected chi connectivity index (χ2v) is 4.81. The summed E-state index contributed by atoms with van der Waals surface area (Å²) in [5, 5.41) is 0. The van der Waals surface area contributed by atoms with Crippen molar-refractivity contribution in [2.24, 2.45) is 0 Å². The van der Waals surface area contributed by atoms with Crippen LogP contribution >= 0.6 is 0 Å². The molecule has 1 aliphatic heterocycles. The fourth-order valence-electron chi connectivity index (χ4n) is 2.28. The summed E-state index contributed by atoms with van der Waals surface area (Å²) in [6.07, 6.45) is 4.00. The highest BCUT2D eigenvalue weighted by molar-refractivity contribution is 6.09. The zero-order valence-electron chi connectivity index (χ0n) is 11.7. The number of hydrogen-bond donors (Lipinski definition) is 1. The van der Waals surface area contributed by atoms with Gasteiger partial charge in [0.25, 0.3) is 5.91 Å². The van der Waals surface area contributed by atoms with E-state index in [1.54, 1.807) is 47.6 Å². The van der Waals surface area contributed by atoms with Gasteiger partial charge in [-0.3, -0.25) is 4.79 Å². The Morgan fingerprint density at radius 3 is 2.90 bits per heavy atom. The highest BCUT2D eigenvalue weighted by atomic mass is 16.5. The quantitative estimate of drug-likeness (QED) is 0.694. The van der Waals surface area contributed by atoms with Crippen LogP contribution in [-0.2, 0) is 4.79 Å². The summed E-state index contributed by atoms with van der Waals surface area (Å²) < 4.78 is 10.9. The van der Waals surface area contributed by atoms with E-state index >= 15 is 0 Å².